The van der Waals surface area contributed by atoms with Crippen molar-refractivity contribution in [1.82, 2.24) is 4.98 Å². The molecule has 1 N–H and O–H groups in total. The van der Waals surface area contributed by atoms with E-state index in [1.165, 1.54) is 0 Å². The molecule has 6 nitrogen and oxygen atoms in total. The average molecular weight is 444 g/mol. The van der Waals surface area contributed by atoms with Crippen LogP contribution in [0.1, 0.15) is 15.9 Å². The lowest BCUT2D eigenvalue weighted by Crippen LogP contribution is -2.14. The van der Waals surface area contributed by atoms with Gasteiger partial charge in [0.25, 0.3) is 5.91 Å². The normalized spacial score (nSPS) is 10.4. The van der Waals surface area contributed by atoms with Gasteiger partial charge in [0.15, 0.2) is 11.5 Å². The van der Waals surface area contributed by atoms with E-state index in [-0.39, 0.29) is 5.91 Å². The summed E-state index contributed by atoms with van der Waals surface area (Å²) in [4.78, 5) is 18.0. The molecule has 32 heavy (non-hydrogen) atoms. The van der Waals surface area contributed by atoms with Crippen molar-refractivity contribution in [3.05, 3.63) is 82.9 Å². The second kappa shape index (κ2) is 8.96. The number of rotatable bonds is 5. The van der Waals surface area contributed by atoms with Crippen molar-refractivity contribution in [3.63, 3.8) is 0 Å². The Labute approximate surface area is 190 Å². The van der Waals surface area contributed by atoms with Gasteiger partial charge in [-0.05, 0) is 48.5 Å². The first-order valence-electron chi connectivity index (χ1n) is 9.67. The van der Waals surface area contributed by atoms with Crippen molar-refractivity contribution in [2.75, 3.05) is 19.5 Å². The largest absolute Gasteiger partial charge is 0.493 e. The first-order valence-corrected chi connectivity index (χ1v) is 10.0. The number of fused-ring (bicyclic) bond motifs is 1. The molecule has 0 aliphatic heterocycles. The number of nitriles is 1. The molecule has 158 valence electrons. The van der Waals surface area contributed by atoms with E-state index in [1.54, 1.807) is 44.6 Å². The lowest BCUT2D eigenvalue weighted by atomic mass is 10.0. The molecule has 0 spiro atoms. The van der Waals surface area contributed by atoms with Crippen LogP contribution < -0.4 is 14.8 Å². The Morgan fingerprint density at radius 3 is 2.53 bits per heavy atom. The number of halogens is 1. The molecule has 7 heteroatoms. The number of nitrogens with zero attached hydrogens (tertiary/aromatic N) is 2. The van der Waals surface area contributed by atoms with E-state index in [0.29, 0.717) is 49.9 Å². The quantitative estimate of drug-likeness (QED) is 0.428. The number of carbonyl (C=O) groups excluding carboxylic acids is 1. The molecule has 0 radical (unpaired) electrons. The highest BCUT2D eigenvalue weighted by atomic mass is 35.5. The van der Waals surface area contributed by atoms with Crippen LogP contribution in [0, 0.1) is 11.3 Å². The molecular formula is C25H18ClN3O3. The summed E-state index contributed by atoms with van der Waals surface area (Å²) in [5.41, 5.74) is 3.12. The molecule has 0 fully saturated rings. The Morgan fingerprint density at radius 1 is 1.00 bits per heavy atom. The highest BCUT2D eigenvalue weighted by molar-refractivity contribution is 6.31. The van der Waals surface area contributed by atoms with Crippen LogP contribution in [0.4, 0.5) is 5.69 Å². The Bertz CT molecular complexity index is 1380. The van der Waals surface area contributed by atoms with Gasteiger partial charge in [-0.3, -0.25) is 4.79 Å². The first kappa shape index (κ1) is 21.2. The van der Waals surface area contributed by atoms with Gasteiger partial charge in [-0.25, -0.2) is 4.98 Å². The van der Waals surface area contributed by atoms with Gasteiger partial charge < -0.3 is 14.8 Å². The Kier molecular flexibility index (Phi) is 5.93. The molecule has 1 heterocycles. The van der Waals surface area contributed by atoms with Crippen LogP contribution in [0.15, 0.2) is 66.7 Å². The zero-order chi connectivity index (χ0) is 22.7. The highest BCUT2D eigenvalue weighted by Crippen LogP contribution is 2.33. The third-order valence-corrected chi connectivity index (χ3v) is 5.23. The summed E-state index contributed by atoms with van der Waals surface area (Å²) in [5, 5.41) is 13.3. The standard InChI is InChI=1S/C25H18ClN3O3/c1-31-23-10-8-15(11-24(23)32-2)22-13-19(18-5-3-4-6-20(18)28-22)25(30)29-21-12-17(26)9-7-16(21)14-27/h3-13H,1-2H3,(H,29,30). The Morgan fingerprint density at radius 2 is 1.78 bits per heavy atom. The molecule has 1 aromatic heterocycles. The van der Waals surface area contributed by atoms with Gasteiger partial charge in [-0.2, -0.15) is 5.26 Å². The fraction of sp³-hybridized carbons (Fsp3) is 0.0800. The van der Waals surface area contributed by atoms with Crippen LogP contribution in [0.25, 0.3) is 22.2 Å². The molecule has 0 atom stereocenters. The molecule has 0 bridgehead atoms. The summed E-state index contributed by atoms with van der Waals surface area (Å²) in [6.07, 6.45) is 0. The third kappa shape index (κ3) is 4.07. The number of hydrogen-bond donors (Lipinski definition) is 1. The maximum Gasteiger partial charge on any atom is 0.256 e. The van der Waals surface area contributed by atoms with Crippen LogP contribution in [-0.2, 0) is 0 Å². The molecule has 0 aliphatic rings. The van der Waals surface area contributed by atoms with Gasteiger partial charge in [-0.1, -0.05) is 29.8 Å². The smallest absolute Gasteiger partial charge is 0.256 e. The second-order valence-corrected chi connectivity index (χ2v) is 7.33. The van der Waals surface area contributed by atoms with E-state index >= 15 is 0 Å². The minimum Gasteiger partial charge on any atom is -0.493 e. The van der Waals surface area contributed by atoms with Crippen LogP contribution in [0.2, 0.25) is 5.02 Å². The number of hydrogen-bond acceptors (Lipinski definition) is 5. The maximum atomic E-state index is 13.3. The number of ether oxygens (including phenoxy) is 2. The van der Waals surface area contributed by atoms with E-state index in [0.717, 1.165) is 5.56 Å². The van der Waals surface area contributed by atoms with E-state index in [2.05, 4.69) is 11.4 Å². The fourth-order valence-corrected chi connectivity index (χ4v) is 3.59. The van der Waals surface area contributed by atoms with Crippen LogP contribution in [0.5, 0.6) is 11.5 Å². The van der Waals surface area contributed by atoms with Crippen molar-refractivity contribution in [2.45, 2.75) is 0 Å². The van der Waals surface area contributed by atoms with E-state index in [4.69, 9.17) is 26.1 Å². The van der Waals surface area contributed by atoms with Crippen LogP contribution in [0.3, 0.4) is 0 Å². The van der Waals surface area contributed by atoms with Crippen molar-refractivity contribution in [3.8, 4) is 28.8 Å². The van der Waals surface area contributed by atoms with Crippen molar-refractivity contribution in [1.29, 1.82) is 5.26 Å². The first-order chi connectivity index (χ1) is 15.5. The van der Waals surface area contributed by atoms with Gasteiger partial charge in [-0.15, -0.1) is 0 Å². The van der Waals surface area contributed by atoms with Gasteiger partial charge in [0.2, 0.25) is 0 Å². The Hall–Kier alpha value is -4.08. The number of para-hydroxylation sites is 1. The van der Waals surface area contributed by atoms with Crippen LogP contribution >= 0.6 is 11.6 Å². The highest BCUT2D eigenvalue weighted by Gasteiger charge is 2.17. The van der Waals surface area contributed by atoms with Crippen molar-refractivity contribution >= 4 is 34.1 Å². The lowest BCUT2D eigenvalue weighted by molar-refractivity contribution is 0.102. The predicted molar refractivity (Wildman–Crippen MR) is 124 cm³/mol. The number of benzene rings is 3. The molecule has 4 aromatic rings. The third-order valence-electron chi connectivity index (χ3n) is 4.99. The monoisotopic (exact) mass is 443 g/mol. The average Bonchev–Trinajstić information content (AvgIpc) is 2.83. The molecule has 3 aromatic carbocycles. The maximum absolute atomic E-state index is 13.3. The summed E-state index contributed by atoms with van der Waals surface area (Å²) in [6, 6.07) is 21.3. The molecule has 0 aliphatic carbocycles. The Balaban J connectivity index is 1.83. The zero-order valence-corrected chi connectivity index (χ0v) is 18.1. The summed E-state index contributed by atoms with van der Waals surface area (Å²) in [6.45, 7) is 0. The van der Waals surface area contributed by atoms with E-state index in [9.17, 15) is 10.1 Å². The number of methoxy groups -OCH3 is 2. The molecule has 1 amide bonds. The molecule has 4 rings (SSSR count). The lowest BCUT2D eigenvalue weighted by Gasteiger charge is -2.13. The number of aromatic nitrogens is 1. The SMILES string of the molecule is COc1ccc(-c2cc(C(=O)Nc3cc(Cl)ccc3C#N)c3ccccc3n2)cc1OC. The van der Waals surface area contributed by atoms with Crippen molar-refractivity contribution in [2.24, 2.45) is 0 Å². The van der Waals surface area contributed by atoms with Gasteiger partial charge in [0.05, 0.1) is 42.2 Å². The number of amides is 1. The number of nitrogens with one attached hydrogen (secondary N) is 1. The summed E-state index contributed by atoms with van der Waals surface area (Å²) in [7, 11) is 3.13. The molecular weight excluding hydrogens is 426 g/mol. The number of anilines is 1. The topological polar surface area (TPSA) is 84.2 Å². The number of pyridine rings is 1. The summed E-state index contributed by atoms with van der Waals surface area (Å²) >= 11 is 6.06. The van der Waals surface area contributed by atoms with E-state index < -0.39 is 0 Å². The molecule has 0 saturated carbocycles. The number of carbonyl (C=O) groups is 1. The molecule has 0 saturated heterocycles. The summed E-state index contributed by atoms with van der Waals surface area (Å²) in [5.74, 6) is 0.785. The van der Waals surface area contributed by atoms with Gasteiger partial charge >= 0.3 is 0 Å². The van der Waals surface area contributed by atoms with Crippen molar-refractivity contribution < 1.29 is 14.3 Å². The fourth-order valence-electron chi connectivity index (χ4n) is 3.41. The summed E-state index contributed by atoms with van der Waals surface area (Å²) < 4.78 is 10.7. The molecule has 0 unspecified atom stereocenters. The van der Waals surface area contributed by atoms with Gasteiger partial charge in [0.1, 0.15) is 6.07 Å². The minimum absolute atomic E-state index is 0.321. The van der Waals surface area contributed by atoms with Gasteiger partial charge in [0, 0.05) is 16.0 Å². The zero-order valence-electron chi connectivity index (χ0n) is 17.3. The van der Waals surface area contributed by atoms with Crippen LogP contribution in [-0.4, -0.2) is 25.1 Å². The minimum atomic E-state index is -0.371. The predicted octanol–water partition coefficient (Wildman–Crippen LogP) is 5.70. The second-order valence-electron chi connectivity index (χ2n) is 6.90. The van der Waals surface area contributed by atoms with E-state index in [1.807, 2.05) is 36.4 Å².